The van der Waals surface area contributed by atoms with Crippen LogP contribution in [0.2, 0.25) is 10.0 Å². The van der Waals surface area contributed by atoms with Crippen LogP contribution in [0.3, 0.4) is 0 Å². The van der Waals surface area contributed by atoms with Crippen molar-refractivity contribution in [1.29, 1.82) is 0 Å². The Kier molecular flexibility index (Phi) is 22.9. The number of benzene rings is 6. The highest BCUT2D eigenvalue weighted by atomic mass is 35.5. The van der Waals surface area contributed by atoms with Gasteiger partial charge in [0.05, 0.1) is 0 Å². The van der Waals surface area contributed by atoms with Crippen LogP contribution in [0.5, 0.6) is 11.5 Å². The maximum atomic E-state index is 12.7. The molecule has 0 saturated carbocycles. The summed E-state index contributed by atoms with van der Waals surface area (Å²) in [5.41, 5.74) is 15.4. The van der Waals surface area contributed by atoms with Gasteiger partial charge in [0.15, 0.2) is 0 Å². The van der Waals surface area contributed by atoms with Gasteiger partial charge in [0.25, 0.3) is 0 Å². The molecule has 8 rings (SSSR count). The number of fused-ring (bicyclic) bond motifs is 2. The molecule has 0 aliphatic rings. The fourth-order valence-electron chi connectivity index (χ4n) is 9.98. The van der Waals surface area contributed by atoms with E-state index in [4.69, 9.17) is 33.7 Å². The molecule has 2 aromatic heterocycles. The first-order valence-corrected chi connectivity index (χ1v) is 28.7. The minimum absolute atomic E-state index is 0.232. The zero-order valence-electron chi connectivity index (χ0n) is 47.7. The Balaban J connectivity index is 0.000000242. The van der Waals surface area contributed by atoms with E-state index < -0.39 is 24.4 Å². The molecule has 8 aromatic rings. The minimum Gasteiger partial charge on any atom is -0.444 e. The molecule has 0 saturated heterocycles. The quantitative estimate of drug-likeness (QED) is 0.0434. The summed E-state index contributed by atoms with van der Waals surface area (Å²) in [5, 5.41) is 6.50. The molecule has 6 aromatic carbocycles. The maximum absolute atomic E-state index is 12.7. The Bertz CT molecular complexity index is 3340. The molecule has 10 nitrogen and oxygen atoms in total. The standard InChI is InChI=1S/C35H41ClF3N3O3.C30H33ClF3N3O/c1-34(2,3)45-33(43)40-19-9-21-42-24-30(26-14-16-28(17-15-26)44-35(37,38)39)29-22-25(13-18-32(29)42)23-41(4)20-8-7-11-27-10-5-6-12-31(27)36;1-36(17-5-4-8-24-7-2-3-9-28(24)31)20-22-10-15-29-26(19-22)27(21-37(29)18-6-16-35)23-11-13-25(14-12-23)38-30(32,33)34/h5-6,10,12-18,22,24H,7-9,11,19-21,23H2,1-4H3,(H,40,43);2-3,7,9-15,19,21H,4-6,8,16-18,20,35H2,1H3. The number of nitrogens with zero attached hydrogens (tertiary/aromatic N) is 4. The van der Waals surface area contributed by atoms with Gasteiger partial charge in [-0.1, -0.05) is 96.0 Å². The average molecular weight is 1190 g/mol. The second-order valence-electron chi connectivity index (χ2n) is 21.8. The van der Waals surface area contributed by atoms with E-state index in [0.717, 1.165) is 137 Å². The van der Waals surface area contributed by atoms with Gasteiger partial charge in [-0.3, -0.25) is 0 Å². The van der Waals surface area contributed by atoms with E-state index in [0.29, 0.717) is 26.1 Å². The molecule has 0 radical (unpaired) electrons. The highest BCUT2D eigenvalue weighted by molar-refractivity contribution is 6.31. The highest BCUT2D eigenvalue weighted by Crippen LogP contribution is 2.36. The molecule has 0 fully saturated rings. The van der Waals surface area contributed by atoms with Gasteiger partial charge in [0.2, 0.25) is 0 Å². The molecule has 0 aliphatic carbocycles. The number of rotatable bonds is 25. The van der Waals surface area contributed by atoms with Crippen molar-refractivity contribution in [2.24, 2.45) is 5.73 Å². The molecule has 3 N–H and O–H groups in total. The molecule has 1 amide bonds. The number of amides is 1. The van der Waals surface area contributed by atoms with Crippen molar-refractivity contribution in [3.63, 3.8) is 0 Å². The predicted molar refractivity (Wildman–Crippen MR) is 322 cm³/mol. The van der Waals surface area contributed by atoms with Crippen molar-refractivity contribution in [2.45, 2.75) is 117 Å². The van der Waals surface area contributed by atoms with Gasteiger partial charge in [-0.25, -0.2) is 4.79 Å². The van der Waals surface area contributed by atoms with E-state index in [1.165, 1.54) is 41.0 Å². The zero-order chi connectivity index (χ0) is 59.7. The molecule has 444 valence electrons. The normalized spacial score (nSPS) is 12.0. The second-order valence-corrected chi connectivity index (χ2v) is 22.6. The third-order valence-electron chi connectivity index (χ3n) is 13.8. The number of unbranched alkanes of at least 4 members (excludes halogenated alkanes) is 2. The molecule has 83 heavy (non-hydrogen) atoms. The summed E-state index contributed by atoms with van der Waals surface area (Å²) in [6, 6.07) is 40.7. The summed E-state index contributed by atoms with van der Waals surface area (Å²) in [4.78, 5) is 16.6. The van der Waals surface area contributed by atoms with Crippen molar-refractivity contribution in [2.75, 3.05) is 40.3 Å². The summed E-state index contributed by atoms with van der Waals surface area (Å²) in [5.74, 6) is -0.495. The van der Waals surface area contributed by atoms with Gasteiger partial charge < -0.3 is 44.2 Å². The molecular formula is C65H74Cl2F6N6O4. The first kappa shape index (κ1) is 63.9. The maximum Gasteiger partial charge on any atom is 0.573 e. The van der Waals surface area contributed by atoms with Crippen molar-refractivity contribution in [3.8, 4) is 33.8 Å². The van der Waals surface area contributed by atoms with Crippen LogP contribution in [0.4, 0.5) is 31.1 Å². The number of nitrogens with two attached hydrogens (primary N) is 1. The lowest BCUT2D eigenvalue weighted by molar-refractivity contribution is -0.275. The van der Waals surface area contributed by atoms with Crippen LogP contribution in [0.1, 0.15) is 81.5 Å². The first-order chi connectivity index (χ1) is 39.5. The van der Waals surface area contributed by atoms with Crippen LogP contribution >= 0.6 is 23.2 Å². The second kappa shape index (κ2) is 29.7. The molecule has 2 heterocycles. The van der Waals surface area contributed by atoms with Gasteiger partial charge in [-0.15, -0.1) is 26.3 Å². The summed E-state index contributed by atoms with van der Waals surface area (Å²) in [6.07, 6.45) is 1.76. The molecular weight excluding hydrogens is 1110 g/mol. The van der Waals surface area contributed by atoms with E-state index in [1.54, 1.807) is 24.3 Å². The minimum atomic E-state index is -4.75. The fourth-order valence-corrected chi connectivity index (χ4v) is 10.4. The van der Waals surface area contributed by atoms with Crippen LogP contribution in [0, 0.1) is 0 Å². The Hall–Kier alpha value is -6.69. The predicted octanol–water partition coefficient (Wildman–Crippen LogP) is 16.9. The molecule has 0 spiro atoms. The Morgan fingerprint density at radius 2 is 0.988 bits per heavy atom. The van der Waals surface area contributed by atoms with Crippen LogP contribution in [0.25, 0.3) is 44.1 Å². The first-order valence-electron chi connectivity index (χ1n) is 28.0. The monoisotopic (exact) mass is 1190 g/mol. The van der Waals surface area contributed by atoms with Gasteiger partial charge in [-0.2, -0.15) is 0 Å². The van der Waals surface area contributed by atoms with E-state index in [2.05, 4.69) is 103 Å². The summed E-state index contributed by atoms with van der Waals surface area (Å²) >= 11 is 12.6. The Morgan fingerprint density at radius 3 is 1.39 bits per heavy atom. The lowest BCUT2D eigenvalue weighted by Gasteiger charge is -2.19. The van der Waals surface area contributed by atoms with Gasteiger partial charge in [0.1, 0.15) is 17.1 Å². The third-order valence-corrected chi connectivity index (χ3v) is 14.6. The SMILES string of the molecule is CN(CCCCc1ccccc1Cl)Cc1ccc2c(c1)c(-c1ccc(OC(F)(F)F)cc1)cn2CCCN.CN(CCCCc1ccccc1Cl)Cc1ccc2c(c1)c(-c1ccc(OC(F)(F)F)cc1)cn2CCCNC(=O)OC(C)(C)C. The number of carbonyl (C=O) groups excluding carboxylic acids is 1. The number of aryl methyl sites for hydroxylation is 4. The van der Waals surface area contributed by atoms with Gasteiger partial charge >= 0.3 is 18.8 Å². The third kappa shape index (κ3) is 20.3. The van der Waals surface area contributed by atoms with Crippen LogP contribution in [0.15, 0.2) is 146 Å². The molecule has 0 aliphatic heterocycles. The number of hydrogen-bond donors (Lipinski definition) is 2. The molecule has 0 atom stereocenters. The number of nitrogens with one attached hydrogen (secondary N) is 1. The lowest BCUT2D eigenvalue weighted by Crippen LogP contribution is -2.33. The number of hydrogen-bond acceptors (Lipinski definition) is 7. The van der Waals surface area contributed by atoms with E-state index in [9.17, 15) is 31.1 Å². The van der Waals surface area contributed by atoms with Crippen LogP contribution < -0.4 is 20.5 Å². The smallest absolute Gasteiger partial charge is 0.444 e. The average Bonchev–Trinajstić information content (AvgIpc) is 2.81. The summed E-state index contributed by atoms with van der Waals surface area (Å²) in [6.45, 7) is 11.3. The zero-order valence-corrected chi connectivity index (χ0v) is 49.2. The van der Waals surface area contributed by atoms with E-state index in [-0.39, 0.29) is 11.5 Å². The van der Waals surface area contributed by atoms with Crippen molar-refractivity contribution >= 4 is 51.1 Å². The molecule has 0 unspecified atom stereocenters. The van der Waals surface area contributed by atoms with Crippen molar-refractivity contribution < 1.29 is 45.3 Å². The molecule has 0 bridgehead atoms. The number of alkyl carbamates (subject to hydrolysis) is 1. The van der Waals surface area contributed by atoms with Gasteiger partial charge in [0, 0.05) is 88.1 Å². The topological polar surface area (TPSA) is 99.1 Å². The molecule has 18 heteroatoms. The van der Waals surface area contributed by atoms with Crippen LogP contribution in [-0.4, -0.2) is 83.6 Å². The number of halogens is 8. The number of carbonyl (C=O) groups is 1. The fraction of sp³-hybridized carbons (Fsp3) is 0.369. The van der Waals surface area contributed by atoms with Crippen molar-refractivity contribution in [1.82, 2.24) is 24.3 Å². The van der Waals surface area contributed by atoms with E-state index >= 15 is 0 Å². The summed E-state index contributed by atoms with van der Waals surface area (Å²) < 4.78 is 93.7. The highest BCUT2D eigenvalue weighted by Gasteiger charge is 2.32. The van der Waals surface area contributed by atoms with Gasteiger partial charge in [-0.05, 0) is 200 Å². The number of ether oxygens (including phenoxy) is 3. The number of aromatic nitrogens is 2. The van der Waals surface area contributed by atoms with Crippen molar-refractivity contribution in [3.05, 3.63) is 178 Å². The lowest BCUT2D eigenvalue weighted by atomic mass is 10.0. The largest absolute Gasteiger partial charge is 0.573 e. The van der Waals surface area contributed by atoms with E-state index in [1.807, 2.05) is 63.4 Å². The Morgan fingerprint density at radius 1 is 0.566 bits per heavy atom. The van der Waals surface area contributed by atoms with Crippen LogP contribution in [-0.2, 0) is 43.8 Å². The number of alkyl halides is 6. The summed E-state index contributed by atoms with van der Waals surface area (Å²) in [7, 11) is 4.22. The Labute approximate surface area is 493 Å².